The van der Waals surface area contributed by atoms with Crippen molar-refractivity contribution in [3.63, 3.8) is 0 Å². The molecule has 0 aliphatic heterocycles. The summed E-state index contributed by atoms with van der Waals surface area (Å²) in [7, 11) is -3.17. The molecule has 0 saturated heterocycles. The van der Waals surface area contributed by atoms with E-state index in [1.807, 2.05) is 0 Å². The molecular formula is C14H23NO3S. The average Bonchev–Trinajstić information content (AvgIpc) is 2.26. The first-order valence-electron chi connectivity index (χ1n) is 6.36. The molecule has 1 rings (SSSR count). The number of benzene rings is 1. The normalized spacial score (nSPS) is 12.4. The fourth-order valence-electron chi connectivity index (χ4n) is 1.52. The Bertz CT molecular complexity index is 504. The van der Waals surface area contributed by atoms with E-state index in [0.717, 1.165) is 13.0 Å². The summed E-state index contributed by atoms with van der Waals surface area (Å²) in [5, 5.41) is 3.37. The summed E-state index contributed by atoms with van der Waals surface area (Å²) >= 11 is 0. The lowest BCUT2D eigenvalue weighted by Gasteiger charge is -2.20. The molecule has 0 saturated carbocycles. The van der Waals surface area contributed by atoms with Crippen molar-refractivity contribution in [2.75, 3.05) is 19.4 Å². The van der Waals surface area contributed by atoms with Crippen molar-refractivity contribution in [3.05, 3.63) is 24.3 Å². The number of hydrogen-bond donors (Lipinski definition) is 1. The van der Waals surface area contributed by atoms with E-state index >= 15 is 0 Å². The molecule has 0 aromatic heterocycles. The fourth-order valence-corrected chi connectivity index (χ4v) is 2.18. The van der Waals surface area contributed by atoms with E-state index in [1.165, 1.54) is 6.26 Å². The average molecular weight is 285 g/mol. The molecule has 19 heavy (non-hydrogen) atoms. The van der Waals surface area contributed by atoms with Crippen molar-refractivity contribution < 1.29 is 13.2 Å². The Labute approximate surface area is 116 Å². The summed E-state index contributed by atoms with van der Waals surface area (Å²) in [5.74, 6) is 0.596. The smallest absolute Gasteiger partial charge is 0.175 e. The molecule has 0 unspecified atom stereocenters. The Hall–Kier alpha value is -1.07. The van der Waals surface area contributed by atoms with Crippen molar-refractivity contribution in [3.8, 4) is 5.75 Å². The topological polar surface area (TPSA) is 55.4 Å². The van der Waals surface area contributed by atoms with Gasteiger partial charge in [0, 0.05) is 11.8 Å². The Morgan fingerprint density at radius 2 is 1.95 bits per heavy atom. The van der Waals surface area contributed by atoms with Gasteiger partial charge in [0.2, 0.25) is 0 Å². The van der Waals surface area contributed by atoms with Gasteiger partial charge in [0.1, 0.15) is 5.75 Å². The van der Waals surface area contributed by atoms with Gasteiger partial charge < -0.3 is 10.1 Å². The van der Waals surface area contributed by atoms with Gasteiger partial charge in [-0.05, 0) is 51.9 Å². The van der Waals surface area contributed by atoms with Gasteiger partial charge in [-0.2, -0.15) is 0 Å². The molecule has 1 N–H and O–H groups in total. The van der Waals surface area contributed by atoms with Crippen LogP contribution in [0.2, 0.25) is 0 Å². The van der Waals surface area contributed by atoms with Crippen LogP contribution in [0.5, 0.6) is 5.75 Å². The molecule has 5 heteroatoms. The first-order valence-corrected chi connectivity index (χ1v) is 8.25. The van der Waals surface area contributed by atoms with Crippen molar-refractivity contribution in [1.82, 2.24) is 5.32 Å². The summed E-state index contributed by atoms with van der Waals surface area (Å²) in [6, 6.07) is 6.60. The summed E-state index contributed by atoms with van der Waals surface area (Å²) in [6.45, 7) is 7.78. The highest BCUT2D eigenvalue weighted by molar-refractivity contribution is 7.90. The Morgan fingerprint density at radius 1 is 1.26 bits per heavy atom. The van der Waals surface area contributed by atoms with Crippen LogP contribution in [-0.2, 0) is 9.84 Å². The van der Waals surface area contributed by atoms with Crippen molar-refractivity contribution in [2.45, 2.75) is 37.6 Å². The van der Waals surface area contributed by atoms with Crippen LogP contribution in [0.3, 0.4) is 0 Å². The van der Waals surface area contributed by atoms with E-state index in [1.54, 1.807) is 24.3 Å². The molecule has 1 aromatic rings. The summed E-state index contributed by atoms with van der Waals surface area (Å²) in [4.78, 5) is 0.290. The highest BCUT2D eigenvalue weighted by Crippen LogP contribution is 2.17. The largest absolute Gasteiger partial charge is 0.494 e. The number of nitrogens with one attached hydrogen (secondary N) is 1. The van der Waals surface area contributed by atoms with Crippen LogP contribution in [-0.4, -0.2) is 33.4 Å². The lowest BCUT2D eigenvalue weighted by Crippen LogP contribution is -2.36. The van der Waals surface area contributed by atoms with Gasteiger partial charge in [-0.3, -0.25) is 0 Å². The van der Waals surface area contributed by atoms with Gasteiger partial charge in [-0.25, -0.2) is 8.42 Å². The molecule has 0 aliphatic rings. The van der Waals surface area contributed by atoms with Crippen LogP contribution in [0.1, 0.15) is 27.2 Å². The second kappa shape index (κ2) is 6.39. The number of sulfone groups is 1. The molecule has 1 aromatic carbocycles. The molecule has 0 spiro atoms. The molecule has 108 valence electrons. The van der Waals surface area contributed by atoms with E-state index in [4.69, 9.17) is 4.74 Å². The quantitative estimate of drug-likeness (QED) is 0.815. The first kappa shape index (κ1) is 16.0. The van der Waals surface area contributed by atoms with E-state index in [-0.39, 0.29) is 10.4 Å². The molecule has 0 atom stereocenters. The van der Waals surface area contributed by atoms with E-state index in [0.29, 0.717) is 12.4 Å². The first-order chi connectivity index (χ1) is 8.68. The van der Waals surface area contributed by atoms with Crippen LogP contribution in [0.25, 0.3) is 0 Å². The zero-order valence-electron chi connectivity index (χ0n) is 12.1. The third kappa shape index (κ3) is 6.59. The molecule has 0 heterocycles. The number of ether oxygens (including phenoxy) is 1. The Balaban J connectivity index is 2.42. The van der Waals surface area contributed by atoms with E-state index in [2.05, 4.69) is 26.1 Å². The van der Waals surface area contributed by atoms with E-state index in [9.17, 15) is 8.42 Å². The fraction of sp³-hybridized carbons (Fsp3) is 0.571. The lowest BCUT2D eigenvalue weighted by molar-refractivity contribution is 0.297. The Kier molecular flexibility index (Phi) is 5.38. The minimum Gasteiger partial charge on any atom is -0.494 e. The van der Waals surface area contributed by atoms with Crippen LogP contribution in [0.15, 0.2) is 29.2 Å². The minimum absolute atomic E-state index is 0.107. The second-order valence-corrected chi connectivity index (χ2v) is 7.64. The SMILES string of the molecule is CC(C)(C)NCCCOc1cccc(S(C)(=O)=O)c1. The van der Waals surface area contributed by atoms with E-state index < -0.39 is 9.84 Å². The maximum Gasteiger partial charge on any atom is 0.175 e. The maximum atomic E-state index is 11.4. The third-order valence-electron chi connectivity index (χ3n) is 2.48. The molecule has 4 nitrogen and oxygen atoms in total. The van der Waals surface area contributed by atoms with Crippen LogP contribution < -0.4 is 10.1 Å². The van der Waals surface area contributed by atoms with Gasteiger partial charge in [-0.15, -0.1) is 0 Å². The van der Waals surface area contributed by atoms with Crippen LogP contribution in [0, 0.1) is 0 Å². The predicted octanol–water partition coefficient (Wildman–Crippen LogP) is 2.25. The highest BCUT2D eigenvalue weighted by Gasteiger charge is 2.09. The third-order valence-corrected chi connectivity index (χ3v) is 3.59. The van der Waals surface area contributed by atoms with Crippen molar-refractivity contribution >= 4 is 9.84 Å². The molecule has 0 bridgehead atoms. The molecule has 0 aliphatic carbocycles. The Morgan fingerprint density at radius 3 is 2.53 bits per heavy atom. The van der Waals surface area contributed by atoms with Crippen molar-refractivity contribution in [2.24, 2.45) is 0 Å². The van der Waals surface area contributed by atoms with Gasteiger partial charge in [0.25, 0.3) is 0 Å². The number of rotatable bonds is 6. The summed E-state index contributed by atoms with van der Waals surface area (Å²) in [6.07, 6.45) is 2.07. The van der Waals surface area contributed by atoms with Gasteiger partial charge in [0.15, 0.2) is 9.84 Å². The van der Waals surface area contributed by atoms with Gasteiger partial charge in [0.05, 0.1) is 11.5 Å². The zero-order valence-corrected chi connectivity index (χ0v) is 12.9. The molecule has 0 amide bonds. The van der Waals surface area contributed by atoms with Gasteiger partial charge >= 0.3 is 0 Å². The molecule has 0 fully saturated rings. The summed E-state index contributed by atoms with van der Waals surface area (Å²) in [5.41, 5.74) is 0.107. The zero-order chi connectivity index (χ0) is 14.5. The van der Waals surface area contributed by atoms with Crippen LogP contribution in [0.4, 0.5) is 0 Å². The number of hydrogen-bond acceptors (Lipinski definition) is 4. The van der Waals surface area contributed by atoms with Crippen molar-refractivity contribution in [1.29, 1.82) is 0 Å². The minimum atomic E-state index is -3.17. The monoisotopic (exact) mass is 285 g/mol. The summed E-state index contributed by atoms with van der Waals surface area (Å²) < 4.78 is 28.4. The second-order valence-electron chi connectivity index (χ2n) is 5.63. The predicted molar refractivity (Wildman–Crippen MR) is 77.4 cm³/mol. The highest BCUT2D eigenvalue weighted by atomic mass is 32.2. The molecular weight excluding hydrogens is 262 g/mol. The lowest BCUT2D eigenvalue weighted by atomic mass is 10.1. The maximum absolute atomic E-state index is 11.4. The molecule has 0 radical (unpaired) electrons. The standard InChI is InChI=1S/C14H23NO3S/c1-14(2,3)15-9-6-10-18-12-7-5-8-13(11-12)19(4,16)17/h5,7-8,11,15H,6,9-10H2,1-4H3. The van der Waals surface area contributed by atoms with Gasteiger partial charge in [-0.1, -0.05) is 6.07 Å². The van der Waals surface area contributed by atoms with Crippen LogP contribution >= 0.6 is 0 Å².